The van der Waals surface area contributed by atoms with Crippen molar-refractivity contribution in [1.29, 1.82) is 0 Å². The Morgan fingerprint density at radius 1 is 1.20 bits per heavy atom. The molecule has 0 N–H and O–H groups in total. The van der Waals surface area contributed by atoms with Gasteiger partial charge >= 0.3 is 0 Å². The maximum Gasteiger partial charge on any atom is 0.266 e. The maximum absolute atomic E-state index is 13.1. The number of nitrogens with zero attached hydrogens (tertiary/aromatic N) is 2. The average Bonchev–Trinajstić information content (AvgIpc) is 2.60. The van der Waals surface area contributed by atoms with E-state index in [1.807, 2.05) is 38.1 Å². The summed E-state index contributed by atoms with van der Waals surface area (Å²) in [6.07, 6.45) is 0. The monoisotopic (exact) mass is 374 g/mol. The minimum Gasteiger partial charge on any atom is -0.381 e. The van der Waals surface area contributed by atoms with Gasteiger partial charge in [0.15, 0.2) is 5.16 Å². The van der Waals surface area contributed by atoms with Crippen molar-refractivity contribution in [1.82, 2.24) is 9.55 Å². The molecule has 3 rings (SSSR count). The van der Waals surface area contributed by atoms with E-state index in [4.69, 9.17) is 16.3 Å². The third kappa shape index (κ3) is 4.06. The van der Waals surface area contributed by atoms with Crippen LogP contribution in [0.1, 0.15) is 12.5 Å². The highest BCUT2D eigenvalue weighted by atomic mass is 35.5. The molecule has 0 bridgehead atoms. The van der Waals surface area contributed by atoms with Crippen molar-refractivity contribution in [3.05, 3.63) is 63.4 Å². The van der Waals surface area contributed by atoms with Crippen molar-refractivity contribution >= 4 is 34.3 Å². The van der Waals surface area contributed by atoms with Crippen molar-refractivity contribution in [2.45, 2.75) is 19.0 Å². The molecule has 0 unspecified atom stereocenters. The summed E-state index contributed by atoms with van der Waals surface area (Å²) < 4.78 is 7.06. The minimum absolute atomic E-state index is 0.0931. The standard InChI is InChI=1S/C19H19ClN2O2S/c1-3-24-10-11-25-19-21-17-12-14(20)6-9-16(17)18(23)22(19)15-7-4-13(2)5-8-15/h4-9,12H,3,10-11H2,1-2H3. The van der Waals surface area contributed by atoms with Gasteiger partial charge in [-0.1, -0.05) is 41.1 Å². The highest BCUT2D eigenvalue weighted by Gasteiger charge is 2.13. The summed E-state index contributed by atoms with van der Waals surface area (Å²) in [6, 6.07) is 13.0. The maximum atomic E-state index is 13.1. The number of aromatic nitrogens is 2. The van der Waals surface area contributed by atoms with Gasteiger partial charge in [0, 0.05) is 17.4 Å². The lowest BCUT2D eigenvalue weighted by Gasteiger charge is -2.13. The SMILES string of the molecule is CCOCCSc1nc2cc(Cl)ccc2c(=O)n1-c1ccc(C)cc1. The number of hydrogen-bond acceptors (Lipinski definition) is 4. The van der Waals surface area contributed by atoms with Gasteiger partial charge in [0.2, 0.25) is 0 Å². The van der Waals surface area contributed by atoms with Gasteiger partial charge in [0.05, 0.1) is 23.2 Å². The smallest absolute Gasteiger partial charge is 0.266 e. The molecule has 4 nitrogen and oxygen atoms in total. The number of hydrogen-bond donors (Lipinski definition) is 0. The molecule has 25 heavy (non-hydrogen) atoms. The Morgan fingerprint density at radius 2 is 1.96 bits per heavy atom. The predicted molar refractivity (Wildman–Crippen MR) is 104 cm³/mol. The van der Waals surface area contributed by atoms with E-state index in [0.29, 0.717) is 34.3 Å². The van der Waals surface area contributed by atoms with E-state index in [0.717, 1.165) is 17.0 Å². The van der Waals surface area contributed by atoms with Crippen LogP contribution in [-0.2, 0) is 4.74 Å². The third-order valence-corrected chi connectivity index (χ3v) is 4.89. The van der Waals surface area contributed by atoms with E-state index >= 15 is 0 Å². The molecule has 6 heteroatoms. The van der Waals surface area contributed by atoms with Gasteiger partial charge in [0.25, 0.3) is 5.56 Å². The first-order chi connectivity index (χ1) is 12.1. The largest absolute Gasteiger partial charge is 0.381 e. The first-order valence-electron chi connectivity index (χ1n) is 8.10. The fourth-order valence-electron chi connectivity index (χ4n) is 2.49. The van der Waals surface area contributed by atoms with E-state index in [-0.39, 0.29) is 5.56 Å². The Hall–Kier alpha value is -1.82. The van der Waals surface area contributed by atoms with Crippen molar-refractivity contribution < 1.29 is 4.74 Å². The Kier molecular flexibility index (Phi) is 5.78. The molecule has 0 fully saturated rings. The molecule has 3 aromatic rings. The Bertz CT molecular complexity index is 939. The molecule has 0 aliphatic rings. The normalized spacial score (nSPS) is 11.2. The second-order valence-corrected chi connectivity index (χ2v) is 7.08. The molecule has 0 radical (unpaired) electrons. The summed E-state index contributed by atoms with van der Waals surface area (Å²) in [5.74, 6) is 0.720. The number of halogens is 1. The van der Waals surface area contributed by atoms with Crippen LogP contribution in [0.4, 0.5) is 0 Å². The van der Waals surface area contributed by atoms with E-state index in [1.54, 1.807) is 22.8 Å². The zero-order valence-electron chi connectivity index (χ0n) is 14.2. The van der Waals surface area contributed by atoms with Gasteiger partial charge in [-0.15, -0.1) is 0 Å². The predicted octanol–water partition coefficient (Wildman–Crippen LogP) is 4.48. The Labute approximate surface area is 155 Å². The van der Waals surface area contributed by atoms with Crippen LogP contribution in [0.2, 0.25) is 5.02 Å². The molecule has 0 saturated carbocycles. The summed E-state index contributed by atoms with van der Waals surface area (Å²) in [4.78, 5) is 17.7. The van der Waals surface area contributed by atoms with Crippen LogP contribution in [0.5, 0.6) is 0 Å². The summed E-state index contributed by atoms with van der Waals surface area (Å²) in [5.41, 5.74) is 2.46. The van der Waals surface area contributed by atoms with E-state index in [2.05, 4.69) is 4.98 Å². The highest BCUT2D eigenvalue weighted by molar-refractivity contribution is 7.99. The second kappa shape index (κ2) is 8.04. The molecule has 0 amide bonds. The number of rotatable bonds is 6. The van der Waals surface area contributed by atoms with Gasteiger partial charge in [-0.25, -0.2) is 4.98 Å². The van der Waals surface area contributed by atoms with Gasteiger partial charge in [-0.3, -0.25) is 9.36 Å². The van der Waals surface area contributed by atoms with Crippen LogP contribution >= 0.6 is 23.4 Å². The molecule has 1 aromatic heterocycles. The molecule has 0 aliphatic heterocycles. The first-order valence-corrected chi connectivity index (χ1v) is 9.46. The van der Waals surface area contributed by atoms with E-state index < -0.39 is 0 Å². The lowest BCUT2D eigenvalue weighted by Crippen LogP contribution is -2.22. The number of ether oxygens (including phenoxy) is 1. The number of fused-ring (bicyclic) bond motifs is 1. The van der Waals surface area contributed by atoms with Crippen molar-refractivity contribution in [2.24, 2.45) is 0 Å². The van der Waals surface area contributed by atoms with Gasteiger partial charge in [-0.05, 0) is 44.2 Å². The van der Waals surface area contributed by atoms with E-state index in [9.17, 15) is 4.79 Å². The molecular formula is C19H19ClN2O2S. The second-order valence-electron chi connectivity index (χ2n) is 5.58. The van der Waals surface area contributed by atoms with E-state index in [1.165, 1.54) is 11.8 Å². The summed E-state index contributed by atoms with van der Waals surface area (Å²) in [7, 11) is 0. The zero-order valence-corrected chi connectivity index (χ0v) is 15.7. The number of benzene rings is 2. The van der Waals surface area contributed by atoms with Gasteiger partial charge in [0.1, 0.15) is 0 Å². The van der Waals surface area contributed by atoms with Crippen LogP contribution in [0.25, 0.3) is 16.6 Å². The molecular weight excluding hydrogens is 356 g/mol. The molecule has 0 spiro atoms. The van der Waals surface area contributed by atoms with Crippen LogP contribution in [-0.4, -0.2) is 28.5 Å². The summed E-state index contributed by atoms with van der Waals surface area (Å²) in [6.45, 7) is 5.26. The molecule has 1 heterocycles. The summed E-state index contributed by atoms with van der Waals surface area (Å²) in [5, 5.41) is 1.76. The molecule has 0 atom stereocenters. The fraction of sp³-hybridized carbons (Fsp3) is 0.263. The van der Waals surface area contributed by atoms with Crippen LogP contribution in [0.3, 0.4) is 0 Å². The molecule has 0 aliphatic carbocycles. The molecule has 2 aromatic carbocycles. The number of thioether (sulfide) groups is 1. The first kappa shape index (κ1) is 18.0. The van der Waals surface area contributed by atoms with Crippen molar-refractivity contribution in [2.75, 3.05) is 19.0 Å². The third-order valence-electron chi connectivity index (χ3n) is 3.76. The zero-order chi connectivity index (χ0) is 17.8. The van der Waals surface area contributed by atoms with Crippen LogP contribution in [0, 0.1) is 6.92 Å². The molecule has 0 saturated heterocycles. The van der Waals surface area contributed by atoms with Crippen molar-refractivity contribution in [3.8, 4) is 5.69 Å². The Balaban J connectivity index is 2.13. The molecule has 130 valence electrons. The van der Waals surface area contributed by atoms with Crippen molar-refractivity contribution in [3.63, 3.8) is 0 Å². The number of aryl methyl sites for hydroxylation is 1. The quantitative estimate of drug-likeness (QED) is 0.362. The van der Waals surface area contributed by atoms with Crippen LogP contribution < -0.4 is 5.56 Å². The lowest BCUT2D eigenvalue weighted by molar-refractivity contribution is 0.164. The minimum atomic E-state index is -0.0931. The average molecular weight is 375 g/mol. The highest BCUT2D eigenvalue weighted by Crippen LogP contribution is 2.23. The van der Waals surface area contributed by atoms with Crippen LogP contribution in [0.15, 0.2) is 52.4 Å². The lowest BCUT2D eigenvalue weighted by atomic mass is 10.2. The van der Waals surface area contributed by atoms with Gasteiger partial charge < -0.3 is 4.74 Å². The van der Waals surface area contributed by atoms with Gasteiger partial charge in [-0.2, -0.15) is 0 Å². The topological polar surface area (TPSA) is 44.1 Å². The summed E-state index contributed by atoms with van der Waals surface area (Å²) >= 11 is 7.57. The fourth-order valence-corrected chi connectivity index (χ4v) is 3.52. The Morgan fingerprint density at radius 3 is 2.68 bits per heavy atom.